The fourth-order valence-electron chi connectivity index (χ4n) is 2.55. The predicted octanol–water partition coefficient (Wildman–Crippen LogP) is 1.33. The molecular weight excluding hydrogens is 310 g/mol. The molecule has 22 heavy (non-hydrogen) atoms. The number of carboxylic acids is 1. The van der Waals surface area contributed by atoms with Crippen molar-refractivity contribution in [3.8, 4) is 11.5 Å². The van der Waals surface area contributed by atoms with Crippen LogP contribution >= 0.6 is 0 Å². The fraction of sp³-hybridized carbons (Fsp3) is 0.500. The highest BCUT2D eigenvalue weighted by Crippen LogP contribution is 2.32. The van der Waals surface area contributed by atoms with Crippen LogP contribution < -0.4 is 9.47 Å². The third-order valence-corrected chi connectivity index (χ3v) is 5.60. The van der Waals surface area contributed by atoms with Gasteiger partial charge in [0.2, 0.25) is 10.0 Å². The van der Waals surface area contributed by atoms with Gasteiger partial charge in [0.15, 0.2) is 11.5 Å². The van der Waals surface area contributed by atoms with Gasteiger partial charge in [-0.3, -0.25) is 4.79 Å². The molecule has 1 aromatic rings. The Morgan fingerprint density at radius 3 is 2.50 bits per heavy atom. The van der Waals surface area contributed by atoms with E-state index >= 15 is 0 Å². The maximum absolute atomic E-state index is 12.7. The fourth-order valence-corrected chi connectivity index (χ4v) is 4.22. The van der Waals surface area contributed by atoms with E-state index in [-0.39, 0.29) is 17.2 Å². The van der Waals surface area contributed by atoms with Gasteiger partial charge in [-0.05, 0) is 31.4 Å². The molecule has 0 saturated carbocycles. The third-order valence-electron chi connectivity index (χ3n) is 3.70. The first kappa shape index (κ1) is 16.6. The lowest BCUT2D eigenvalue weighted by Gasteiger charge is -2.31. The van der Waals surface area contributed by atoms with Crippen molar-refractivity contribution in [1.82, 2.24) is 4.31 Å². The zero-order valence-corrected chi connectivity index (χ0v) is 13.3. The molecule has 1 N–H and O–H groups in total. The molecule has 1 atom stereocenters. The van der Waals surface area contributed by atoms with Gasteiger partial charge in [0, 0.05) is 12.6 Å². The van der Waals surface area contributed by atoms with E-state index in [0.717, 1.165) is 4.31 Å². The molecule has 0 spiro atoms. The average Bonchev–Trinajstić information content (AvgIpc) is 2.54. The topological polar surface area (TPSA) is 93.1 Å². The summed E-state index contributed by atoms with van der Waals surface area (Å²) in [4.78, 5) is 11.3. The number of aliphatic carboxylic acids is 1. The number of rotatable bonds is 5. The molecule has 1 aliphatic heterocycles. The number of piperidine rings is 1. The van der Waals surface area contributed by atoms with Gasteiger partial charge in [-0.25, -0.2) is 8.42 Å². The third kappa shape index (κ3) is 3.02. The van der Waals surface area contributed by atoms with Crippen LogP contribution in [-0.4, -0.2) is 50.6 Å². The van der Waals surface area contributed by atoms with Crippen molar-refractivity contribution in [3.05, 3.63) is 18.2 Å². The number of hydrogen-bond acceptors (Lipinski definition) is 5. The van der Waals surface area contributed by atoms with Gasteiger partial charge in [-0.15, -0.1) is 0 Å². The van der Waals surface area contributed by atoms with Crippen molar-refractivity contribution >= 4 is 16.0 Å². The number of methoxy groups -OCH3 is 2. The lowest BCUT2D eigenvalue weighted by molar-refractivity contribution is -0.142. The lowest BCUT2D eigenvalue weighted by atomic mass is 10.1. The molecule has 0 radical (unpaired) electrons. The Kier molecular flexibility index (Phi) is 4.92. The minimum atomic E-state index is -3.90. The van der Waals surface area contributed by atoms with Crippen LogP contribution in [0.1, 0.15) is 19.3 Å². The lowest BCUT2D eigenvalue weighted by Crippen LogP contribution is -2.47. The second-order valence-corrected chi connectivity index (χ2v) is 6.87. The van der Waals surface area contributed by atoms with Crippen LogP contribution in [-0.2, 0) is 14.8 Å². The molecule has 0 aromatic heterocycles. The van der Waals surface area contributed by atoms with Gasteiger partial charge in [0.1, 0.15) is 6.04 Å². The van der Waals surface area contributed by atoms with Crippen molar-refractivity contribution in [3.63, 3.8) is 0 Å². The summed E-state index contributed by atoms with van der Waals surface area (Å²) in [6.07, 6.45) is 1.67. The van der Waals surface area contributed by atoms with E-state index in [1.165, 1.54) is 32.4 Å². The van der Waals surface area contributed by atoms with Crippen LogP contribution in [0.3, 0.4) is 0 Å². The van der Waals surface area contributed by atoms with Crippen molar-refractivity contribution < 1.29 is 27.8 Å². The maximum Gasteiger partial charge on any atom is 0.322 e. The Morgan fingerprint density at radius 2 is 1.91 bits per heavy atom. The molecule has 0 aliphatic carbocycles. The van der Waals surface area contributed by atoms with E-state index in [0.29, 0.717) is 25.0 Å². The highest BCUT2D eigenvalue weighted by molar-refractivity contribution is 7.89. The summed E-state index contributed by atoms with van der Waals surface area (Å²) in [5.41, 5.74) is 0. The summed E-state index contributed by atoms with van der Waals surface area (Å²) < 4.78 is 36.7. The van der Waals surface area contributed by atoms with Crippen molar-refractivity contribution in [2.24, 2.45) is 0 Å². The second kappa shape index (κ2) is 6.53. The van der Waals surface area contributed by atoms with E-state index < -0.39 is 22.0 Å². The molecular formula is C14H19NO6S. The first-order valence-corrected chi connectivity index (χ1v) is 8.32. The number of benzene rings is 1. The quantitative estimate of drug-likeness (QED) is 0.876. The van der Waals surface area contributed by atoms with Gasteiger partial charge in [0.05, 0.1) is 19.1 Å². The van der Waals surface area contributed by atoms with Gasteiger partial charge < -0.3 is 14.6 Å². The summed E-state index contributed by atoms with van der Waals surface area (Å²) in [6.45, 7) is 0.202. The van der Waals surface area contributed by atoms with Crippen molar-refractivity contribution in [2.45, 2.75) is 30.2 Å². The molecule has 1 aliphatic rings. The number of nitrogens with zero attached hydrogens (tertiary/aromatic N) is 1. The zero-order valence-electron chi connectivity index (χ0n) is 12.5. The molecule has 8 heteroatoms. The summed E-state index contributed by atoms with van der Waals surface area (Å²) in [6, 6.07) is 3.21. The van der Waals surface area contributed by atoms with E-state index in [1.807, 2.05) is 0 Å². The molecule has 0 unspecified atom stereocenters. The highest BCUT2D eigenvalue weighted by Gasteiger charge is 2.37. The van der Waals surface area contributed by atoms with Crippen LogP contribution in [0.5, 0.6) is 11.5 Å². The maximum atomic E-state index is 12.7. The largest absolute Gasteiger partial charge is 0.493 e. The van der Waals surface area contributed by atoms with Crippen LogP contribution in [0.2, 0.25) is 0 Å². The average molecular weight is 329 g/mol. The molecule has 0 amide bonds. The number of carboxylic acid groups (broad SMARTS) is 1. The van der Waals surface area contributed by atoms with Gasteiger partial charge >= 0.3 is 5.97 Å². The Balaban J connectivity index is 2.42. The molecule has 1 heterocycles. The highest BCUT2D eigenvalue weighted by atomic mass is 32.2. The number of sulfonamides is 1. The first-order chi connectivity index (χ1) is 10.4. The Hall–Kier alpha value is -1.80. The number of hydrogen-bond donors (Lipinski definition) is 1. The number of carbonyl (C=O) groups is 1. The SMILES string of the molecule is COc1ccc(S(=O)(=O)N2CCCC[C@H]2C(=O)O)cc1OC. The predicted molar refractivity (Wildman–Crippen MR) is 78.7 cm³/mol. The Morgan fingerprint density at radius 1 is 1.23 bits per heavy atom. The van der Waals surface area contributed by atoms with E-state index in [1.54, 1.807) is 0 Å². The Labute approximate surface area is 129 Å². The first-order valence-electron chi connectivity index (χ1n) is 6.88. The zero-order chi connectivity index (χ0) is 16.3. The van der Waals surface area contributed by atoms with Crippen LogP contribution in [0.15, 0.2) is 23.1 Å². The molecule has 1 aromatic carbocycles. The standard InChI is InChI=1S/C14H19NO6S/c1-20-12-7-6-10(9-13(12)21-2)22(18,19)15-8-4-3-5-11(15)14(16)17/h6-7,9,11H,3-5,8H2,1-2H3,(H,16,17)/t11-/m0/s1. The van der Waals surface area contributed by atoms with Crippen molar-refractivity contribution in [1.29, 1.82) is 0 Å². The monoisotopic (exact) mass is 329 g/mol. The summed E-state index contributed by atoms with van der Waals surface area (Å²) in [7, 11) is -1.03. The van der Waals surface area contributed by atoms with Crippen LogP contribution in [0.25, 0.3) is 0 Å². The Bertz CT molecular complexity index is 657. The smallest absolute Gasteiger partial charge is 0.322 e. The molecule has 1 saturated heterocycles. The molecule has 2 rings (SSSR count). The van der Waals surface area contributed by atoms with Gasteiger partial charge in [-0.2, -0.15) is 4.31 Å². The second-order valence-electron chi connectivity index (χ2n) is 4.98. The van der Waals surface area contributed by atoms with E-state index in [2.05, 4.69) is 0 Å². The minimum absolute atomic E-state index is 0.00157. The molecule has 7 nitrogen and oxygen atoms in total. The van der Waals surface area contributed by atoms with Gasteiger partial charge in [-0.1, -0.05) is 0 Å². The summed E-state index contributed by atoms with van der Waals surface area (Å²) >= 11 is 0. The minimum Gasteiger partial charge on any atom is -0.493 e. The summed E-state index contributed by atoms with van der Waals surface area (Å²) in [5, 5.41) is 9.25. The molecule has 1 fully saturated rings. The molecule has 0 bridgehead atoms. The molecule has 122 valence electrons. The van der Waals surface area contributed by atoms with Crippen LogP contribution in [0.4, 0.5) is 0 Å². The number of ether oxygens (including phenoxy) is 2. The van der Waals surface area contributed by atoms with E-state index in [9.17, 15) is 18.3 Å². The van der Waals surface area contributed by atoms with Crippen LogP contribution in [0, 0.1) is 0 Å². The normalized spacial score (nSPS) is 19.6. The van der Waals surface area contributed by atoms with Crippen molar-refractivity contribution in [2.75, 3.05) is 20.8 Å². The summed E-state index contributed by atoms with van der Waals surface area (Å²) in [5.74, 6) is -0.425. The van der Waals surface area contributed by atoms with E-state index in [4.69, 9.17) is 9.47 Å². The van der Waals surface area contributed by atoms with Gasteiger partial charge in [0.25, 0.3) is 0 Å².